The number of halogens is 1. The lowest BCUT2D eigenvalue weighted by atomic mass is 10.1. The molecule has 0 aromatic heterocycles. The van der Waals surface area contributed by atoms with Gasteiger partial charge in [0.2, 0.25) is 0 Å². The summed E-state index contributed by atoms with van der Waals surface area (Å²) in [7, 11) is 1.45. The summed E-state index contributed by atoms with van der Waals surface area (Å²) in [5.74, 6) is -0.389. The normalized spacial score (nSPS) is 12.3. The van der Waals surface area contributed by atoms with Gasteiger partial charge in [0, 0.05) is 17.7 Å². The number of methoxy groups -OCH3 is 1. The number of ether oxygens (including phenoxy) is 1. The predicted molar refractivity (Wildman–Crippen MR) is 85.0 cm³/mol. The Balaban J connectivity index is 2.05. The van der Waals surface area contributed by atoms with Crippen LogP contribution in [0.15, 0.2) is 53.6 Å². The van der Waals surface area contributed by atoms with Crippen molar-refractivity contribution in [2.75, 3.05) is 7.11 Å². The van der Waals surface area contributed by atoms with Crippen molar-refractivity contribution in [3.8, 4) is 5.75 Å². The number of carbonyl (C=O) groups is 1. The lowest BCUT2D eigenvalue weighted by Crippen LogP contribution is -2.26. The topological polar surface area (TPSA) is 70.9 Å². The second kappa shape index (κ2) is 7.59. The van der Waals surface area contributed by atoms with Crippen molar-refractivity contribution in [2.45, 2.75) is 6.10 Å². The molecule has 0 aliphatic heterocycles. The molecule has 0 spiro atoms. The van der Waals surface area contributed by atoms with E-state index >= 15 is 0 Å². The molecule has 1 unspecified atom stereocenters. The van der Waals surface area contributed by atoms with Gasteiger partial charge in [0.05, 0.1) is 6.21 Å². The molecule has 2 aromatic rings. The minimum Gasteiger partial charge on any atom is -0.507 e. The van der Waals surface area contributed by atoms with Crippen LogP contribution in [-0.4, -0.2) is 24.3 Å². The number of nitrogens with one attached hydrogen (secondary N) is 1. The van der Waals surface area contributed by atoms with Gasteiger partial charge in [-0.15, -0.1) is 0 Å². The van der Waals surface area contributed by atoms with Crippen LogP contribution in [-0.2, 0) is 9.53 Å². The number of carbonyl (C=O) groups excluding carboxylic acids is 1. The second-order valence-electron chi connectivity index (χ2n) is 4.46. The first-order valence-electron chi connectivity index (χ1n) is 6.51. The summed E-state index contributed by atoms with van der Waals surface area (Å²) in [4.78, 5) is 12.1. The Labute approximate surface area is 133 Å². The first-order chi connectivity index (χ1) is 10.6. The fraction of sp³-hybridized carbons (Fsp3) is 0.125. The SMILES string of the molecule is COC(C(=O)NN=Cc1cc(Cl)ccc1O)c1ccccc1. The van der Waals surface area contributed by atoms with Gasteiger partial charge in [0.25, 0.3) is 5.91 Å². The van der Waals surface area contributed by atoms with E-state index in [1.807, 2.05) is 18.2 Å². The zero-order chi connectivity index (χ0) is 15.9. The molecular formula is C16H15ClN2O3. The van der Waals surface area contributed by atoms with E-state index < -0.39 is 12.0 Å². The second-order valence-corrected chi connectivity index (χ2v) is 4.90. The van der Waals surface area contributed by atoms with Crippen molar-refractivity contribution >= 4 is 23.7 Å². The van der Waals surface area contributed by atoms with Crippen molar-refractivity contribution in [1.29, 1.82) is 0 Å². The van der Waals surface area contributed by atoms with Gasteiger partial charge < -0.3 is 9.84 Å². The average molecular weight is 319 g/mol. The number of phenols is 1. The molecule has 6 heteroatoms. The molecule has 2 aromatic carbocycles. The first-order valence-corrected chi connectivity index (χ1v) is 6.89. The van der Waals surface area contributed by atoms with E-state index in [1.54, 1.807) is 18.2 Å². The summed E-state index contributed by atoms with van der Waals surface area (Å²) in [5, 5.41) is 13.9. The third kappa shape index (κ3) is 4.07. The summed E-state index contributed by atoms with van der Waals surface area (Å²) >= 11 is 5.83. The Morgan fingerprint density at radius 2 is 2.05 bits per heavy atom. The molecule has 2 rings (SSSR count). The highest BCUT2D eigenvalue weighted by Crippen LogP contribution is 2.19. The van der Waals surface area contributed by atoms with Crippen molar-refractivity contribution in [3.05, 3.63) is 64.7 Å². The molecule has 0 radical (unpaired) electrons. The highest BCUT2D eigenvalue weighted by molar-refractivity contribution is 6.30. The van der Waals surface area contributed by atoms with Crippen molar-refractivity contribution < 1.29 is 14.6 Å². The molecule has 0 fully saturated rings. The molecule has 2 N–H and O–H groups in total. The fourth-order valence-electron chi connectivity index (χ4n) is 1.88. The summed E-state index contributed by atoms with van der Waals surface area (Å²) in [6.45, 7) is 0. The zero-order valence-electron chi connectivity index (χ0n) is 11.9. The number of amides is 1. The van der Waals surface area contributed by atoms with E-state index in [2.05, 4.69) is 10.5 Å². The van der Waals surface area contributed by atoms with Gasteiger partial charge in [-0.05, 0) is 23.8 Å². The molecule has 0 saturated heterocycles. The highest BCUT2D eigenvalue weighted by Gasteiger charge is 2.19. The zero-order valence-corrected chi connectivity index (χ0v) is 12.6. The van der Waals surface area contributed by atoms with Crippen LogP contribution in [0.4, 0.5) is 0 Å². The van der Waals surface area contributed by atoms with Crippen LogP contribution in [0, 0.1) is 0 Å². The maximum Gasteiger partial charge on any atom is 0.273 e. The summed E-state index contributed by atoms with van der Waals surface area (Å²) in [6, 6.07) is 13.6. The van der Waals surface area contributed by atoms with Crippen molar-refractivity contribution in [3.63, 3.8) is 0 Å². The van der Waals surface area contributed by atoms with Crippen LogP contribution >= 0.6 is 11.6 Å². The highest BCUT2D eigenvalue weighted by atomic mass is 35.5. The maximum atomic E-state index is 12.1. The third-order valence-corrected chi connectivity index (χ3v) is 3.18. The van der Waals surface area contributed by atoms with E-state index in [0.29, 0.717) is 10.6 Å². The molecule has 0 saturated carbocycles. The molecule has 0 aliphatic carbocycles. The van der Waals surface area contributed by atoms with Crippen LogP contribution in [0.3, 0.4) is 0 Å². The van der Waals surface area contributed by atoms with Gasteiger partial charge in [-0.3, -0.25) is 4.79 Å². The van der Waals surface area contributed by atoms with Crippen LogP contribution in [0.1, 0.15) is 17.2 Å². The van der Waals surface area contributed by atoms with Crippen molar-refractivity contribution in [1.82, 2.24) is 5.43 Å². The molecule has 1 amide bonds. The monoisotopic (exact) mass is 318 g/mol. The maximum absolute atomic E-state index is 12.1. The number of rotatable bonds is 5. The van der Waals surface area contributed by atoms with Gasteiger partial charge in [0.1, 0.15) is 5.75 Å². The lowest BCUT2D eigenvalue weighted by Gasteiger charge is -2.13. The van der Waals surface area contributed by atoms with E-state index in [-0.39, 0.29) is 5.75 Å². The summed E-state index contributed by atoms with van der Waals surface area (Å²) in [6.07, 6.45) is 0.558. The molecule has 0 aliphatic rings. The Morgan fingerprint density at radius 1 is 1.32 bits per heavy atom. The third-order valence-electron chi connectivity index (χ3n) is 2.94. The summed E-state index contributed by atoms with van der Waals surface area (Å²) in [5.41, 5.74) is 3.51. The van der Waals surface area contributed by atoms with Crippen LogP contribution < -0.4 is 5.43 Å². The van der Waals surface area contributed by atoms with E-state index in [0.717, 1.165) is 5.56 Å². The molecule has 114 valence electrons. The van der Waals surface area contributed by atoms with Gasteiger partial charge in [-0.2, -0.15) is 5.10 Å². The number of phenolic OH excluding ortho intramolecular Hbond substituents is 1. The average Bonchev–Trinajstić information content (AvgIpc) is 2.52. The first kappa shape index (κ1) is 16.0. The molecule has 5 nitrogen and oxygen atoms in total. The van der Waals surface area contributed by atoms with Crippen LogP contribution in [0.5, 0.6) is 5.75 Å². The van der Waals surface area contributed by atoms with E-state index in [1.165, 1.54) is 25.5 Å². The molecule has 22 heavy (non-hydrogen) atoms. The Bertz CT molecular complexity index is 674. The molecule has 1 atom stereocenters. The quantitative estimate of drug-likeness (QED) is 0.658. The van der Waals surface area contributed by atoms with Gasteiger partial charge in [-0.1, -0.05) is 41.9 Å². The molecule has 0 heterocycles. The Hall–Kier alpha value is -2.37. The number of aromatic hydroxyl groups is 1. The molecule has 0 bridgehead atoms. The van der Waals surface area contributed by atoms with E-state index in [4.69, 9.17) is 16.3 Å². The summed E-state index contributed by atoms with van der Waals surface area (Å²) < 4.78 is 5.19. The van der Waals surface area contributed by atoms with Crippen LogP contribution in [0.25, 0.3) is 0 Å². The molecular weight excluding hydrogens is 304 g/mol. The fourth-order valence-corrected chi connectivity index (χ4v) is 2.06. The van der Waals surface area contributed by atoms with Crippen molar-refractivity contribution in [2.24, 2.45) is 5.10 Å². The standard InChI is InChI=1S/C16H15ClN2O3/c1-22-15(11-5-3-2-4-6-11)16(21)19-18-10-12-9-13(17)7-8-14(12)20/h2-10,15,20H,1H3,(H,19,21). The number of hydrogen-bond acceptors (Lipinski definition) is 4. The van der Waals surface area contributed by atoms with Crippen LogP contribution in [0.2, 0.25) is 5.02 Å². The largest absolute Gasteiger partial charge is 0.507 e. The number of nitrogens with zero attached hydrogens (tertiary/aromatic N) is 1. The number of benzene rings is 2. The smallest absolute Gasteiger partial charge is 0.273 e. The van der Waals surface area contributed by atoms with Gasteiger partial charge >= 0.3 is 0 Å². The van der Waals surface area contributed by atoms with Gasteiger partial charge in [-0.25, -0.2) is 5.43 Å². The Kier molecular flexibility index (Phi) is 5.52. The van der Waals surface area contributed by atoms with E-state index in [9.17, 15) is 9.90 Å². The number of hydrogen-bond donors (Lipinski definition) is 2. The van der Waals surface area contributed by atoms with Gasteiger partial charge in [0.15, 0.2) is 6.10 Å². The Morgan fingerprint density at radius 3 is 2.73 bits per heavy atom. The lowest BCUT2D eigenvalue weighted by molar-refractivity contribution is -0.131. The minimum atomic E-state index is -0.758. The minimum absolute atomic E-state index is 0.0220. The number of hydrazone groups is 1. The predicted octanol–water partition coefficient (Wildman–Crippen LogP) is 2.88.